The summed E-state index contributed by atoms with van der Waals surface area (Å²) in [6.45, 7) is 11.5. The van der Waals surface area contributed by atoms with Crippen LogP contribution in [0, 0.1) is 11.8 Å². The van der Waals surface area contributed by atoms with E-state index in [4.69, 9.17) is 39.2 Å². The molecule has 258 valence electrons. The number of aliphatic hydroxyl groups is 1. The Morgan fingerprint density at radius 2 is 1.83 bits per heavy atom. The predicted octanol–water partition coefficient (Wildman–Crippen LogP) is 2.43. The van der Waals surface area contributed by atoms with Gasteiger partial charge in [0.2, 0.25) is 5.78 Å². The molecule has 6 unspecified atom stereocenters. The summed E-state index contributed by atoms with van der Waals surface area (Å²) in [6, 6.07) is 0. The number of carbonyl (C=O) groups excluding carboxylic acids is 3. The molecule has 2 aliphatic rings. The van der Waals surface area contributed by atoms with Gasteiger partial charge in [-0.1, -0.05) is 44.2 Å². The molecule has 1 aliphatic carbocycles. The van der Waals surface area contributed by atoms with Crippen LogP contribution in [-0.2, 0) is 28.4 Å². The van der Waals surface area contributed by atoms with Gasteiger partial charge in [0.05, 0.1) is 17.9 Å². The third kappa shape index (κ3) is 14.4. The number of aliphatic hydroxyl groups excluding tert-OH is 1. The molecule has 14 nitrogen and oxygen atoms in total. The van der Waals surface area contributed by atoms with Crippen molar-refractivity contribution in [3.63, 3.8) is 0 Å². The Bertz CT molecular complexity index is 1290. The molecule has 1 heterocycles. The number of ether oxygens (including phenoxy) is 3. The summed E-state index contributed by atoms with van der Waals surface area (Å²) >= 11 is 0. The van der Waals surface area contributed by atoms with Gasteiger partial charge in [-0.15, -0.1) is 6.58 Å². The first-order valence-electron chi connectivity index (χ1n) is 14.6. The van der Waals surface area contributed by atoms with Gasteiger partial charge in [0.1, 0.15) is 6.10 Å². The molecule has 0 saturated heterocycles. The highest BCUT2D eigenvalue weighted by atomic mass is 31.2. The summed E-state index contributed by atoms with van der Waals surface area (Å²) in [5.74, 6) is -0.910. The van der Waals surface area contributed by atoms with Crippen LogP contribution in [0.15, 0.2) is 71.1 Å². The van der Waals surface area contributed by atoms with Crippen LogP contribution in [-0.4, -0.2) is 82.8 Å². The molecule has 0 spiro atoms. The van der Waals surface area contributed by atoms with Gasteiger partial charge >= 0.3 is 13.9 Å². The molecule has 2 amide bonds. The van der Waals surface area contributed by atoms with Crippen LogP contribution in [0.5, 0.6) is 0 Å². The number of methoxy groups -OCH3 is 2. The minimum atomic E-state index is -4.64. The quantitative estimate of drug-likeness (QED) is 0.160. The first kappa shape index (κ1) is 40.7. The summed E-state index contributed by atoms with van der Waals surface area (Å²) in [7, 11) is -1.62. The SMILES string of the molecule is C=CCNC1=C2CC(=CC1=O)NC(=O)/C(C)=C/C=C\C(OC)C(OC(N)=O)/C(C)=C/C(C)C(O)C(OC)CC(C)C2.O=P(O)(O)O. The number of primary amides is 1. The fourth-order valence-corrected chi connectivity index (χ4v) is 5.11. The zero-order chi connectivity index (χ0) is 35.2. The molecule has 0 saturated carbocycles. The Labute approximate surface area is 270 Å². The third-order valence-corrected chi connectivity index (χ3v) is 7.25. The van der Waals surface area contributed by atoms with Crippen molar-refractivity contribution in [1.82, 2.24) is 10.6 Å². The van der Waals surface area contributed by atoms with E-state index in [1.54, 1.807) is 45.3 Å². The number of allylic oxidation sites excluding steroid dienone is 4. The normalized spacial score (nSPS) is 29.8. The fourth-order valence-electron chi connectivity index (χ4n) is 5.11. The van der Waals surface area contributed by atoms with E-state index in [1.807, 2.05) is 19.9 Å². The Hall–Kier alpha value is -3.36. The van der Waals surface area contributed by atoms with E-state index in [-0.39, 0.29) is 23.5 Å². The number of phosphoric acid groups is 1. The second-order valence-corrected chi connectivity index (χ2v) is 12.2. The highest BCUT2D eigenvalue weighted by Gasteiger charge is 2.30. The third-order valence-electron chi connectivity index (χ3n) is 7.25. The largest absolute Gasteiger partial charge is 0.466 e. The lowest BCUT2D eigenvalue weighted by Gasteiger charge is -2.30. The summed E-state index contributed by atoms with van der Waals surface area (Å²) in [5.41, 5.74) is 8.26. The van der Waals surface area contributed by atoms with Crippen molar-refractivity contribution < 1.29 is 52.9 Å². The van der Waals surface area contributed by atoms with E-state index >= 15 is 0 Å². The van der Waals surface area contributed by atoms with Crippen molar-refractivity contribution in [3.8, 4) is 0 Å². The Morgan fingerprint density at radius 3 is 2.37 bits per heavy atom. The number of nitrogens with one attached hydrogen (secondary N) is 2. The second kappa shape index (κ2) is 19.3. The van der Waals surface area contributed by atoms with Crippen molar-refractivity contribution >= 4 is 25.6 Å². The molecule has 6 atom stereocenters. The molecular weight excluding hydrogens is 621 g/mol. The molecule has 0 aromatic carbocycles. The molecule has 1 aliphatic heterocycles. The van der Waals surface area contributed by atoms with Crippen molar-refractivity contribution in [1.29, 1.82) is 0 Å². The number of nitrogens with two attached hydrogens (primary N) is 1. The van der Waals surface area contributed by atoms with Gasteiger partial charge < -0.3 is 50.4 Å². The Morgan fingerprint density at radius 1 is 1.20 bits per heavy atom. The lowest BCUT2D eigenvalue weighted by atomic mass is 9.85. The van der Waals surface area contributed by atoms with Crippen LogP contribution in [0.3, 0.4) is 0 Å². The van der Waals surface area contributed by atoms with Crippen LogP contribution in [0.2, 0.25) is 0 Å². The van der Waals surface area contributed by atoms with Gasteiger partial charge in [-0.05, 0) is 43.8 Å². The first-order valence-corrected chi connectivity index (χ1v) is 16.1. The maximum absolute atomic E-state index is 13.1. The standard InChI is InChI=1S/C31H45N3O7.H3O4P/c1-8-12-33-27-22-13-18(2)14-26(40-7)28(36)20(4)15-21(5)29(41-31(32)38)25(39-6)11-9-10-19(3)30(37)34-23(16-22)17-24(27)35;1-5(2,3)4/h8-11,15,17-18,20,25-26,28-29,33,36H,1,12-14,16H2,2-7H3,(H2,32,38)(H,34,37);(H3,1,2,3,4)/b11-9-,19-10+,21-15+;. The summed E-state index contributed by atoms with van der Waals surface area (Å²) in [5, 5.41) is 17.3. The van der Waals surface area contributed by atoms with E-state index in [9.17, 15) is 19.5 Å². The van der Waals surface area contributed by atoms with Gasteiger partial charge in [0.25, 0.3) is 5.91 Å². The maximum Gasteiger partial charge on any atom is 0.466 e. The van der Waals surface area contributed by atoms with Crippen molar-refractivity contribution in [3.05, 3.63) is 71.1 Å². The molecule has 0 fully saturated rings. The molecule has 2 bridgehead atoms. The maximum atomic E-state index is 13.1. The highest BCUT2D eigenvalue weighted by Crippen LogP contribution is 2.30. The molecule has 8 N–H and O–H groups in total. The smallest absolute Gasteiger partial charge is 0.439 e. The zero-order valence-electron chi connectivity index (χ0n) is 27.1. The van der Waals surface area contributed by atoms with Gasteiger partial charge in [0, 0.05) is 50.4 Å². The Kier molecular flexibility index (Phi) is 17.1. The molecular formula is C31H48N3O11P. The van der Waals surface area contributed by atoms with E-state index < -0.39 is 38.3 Å². The van der Waals surface area contributed by atoms with E-state index in [0.29, 0.717) is 48.3 Å². The monoisotopic (exact) mass is 669 g/mol. The molecule has 15 heteroatoms. The van der Waals surface area contributed by atoms with Gasteiger partial charge in [-0.2, -0.15) is 0 Å². The average Bonchev–Trinajstić information content (AvgIpc) is 2.94. The van der Waals surface area contributed by atoms with E-state index in [0.717, 1.165) is 5.57 Å². The Balaban J connectivity index is 0.00000195. The number of ketones is 1. The minimum absolute atomic E-state index is 0.0296. The predicted molar refractivity (Wildman–Crippen MR) is 172 cm³/mol. The molecule has 0 aromatic heterocycles. The van der Waals surface area contributed by atoms with Crippen LogP contribution in [0.4, 0.5) is 4.79 Å². The molecule has 46 heavy (non-hydrogen) atoms. The van der Waals surface area contributed by atoms with E-state index in [2.05, 4.69) is 17.2 Å². The number of amides is 2. The van der Waals surface area contributed by atoms with Crippen molar-refractivity contribution in [2.24, 2.45) is 17.6 Å². The van der Waals surface area contributed by atoms with Crippen molar-refractivity contribution in [2.45, 2.75) is 71.4 Å². The number of hydrogen-bond donors (Lipinski definition) is 7. The van der Waals surface area contributed by atoms with Crippen LogP contribution >= 0.6 is 7.82 Å². The van der Waals surface area contributed by atoms with Crippen LogP contribution in [0.1, 0.15) is 47.0 Å². The summed E-state index contributed by atoms with van der Waals surface area (Å²) < 4.78 is 25.6. The van der Waals surface area contributed by atoms with Crippen molar-refractivity contribution in [2.75, 3.05) is 20.8 Å². The topological polar surface area (TPSA) is 227 Å². The summed E-state index contributed by atoms with van der Waals surface area (Å²) in [4.78, 5) is 59.3. The van der Waals surface area contributed by atoms with Gasteiger partial charge in [-0.3, -0.25) is 9.59 Å². The summed E-state index contributed by atoms with van der Waals surface area (Å²) in [6.07, 6.45) is 7.34. The highest BCUT2D eigenvalue weighted by molar-refractivity contribution is 7.45. The lowest BCUT2D eigenvalue weighted by molar-refractivity contribution is -0.116. The number of hydrogen-bond acceptors (Lipinski definition) is 9. The lowest BCUT2D eigenvalue weighted by Crippen LogP contribution is -2.37. The van der Waals surface area contributed by atoms with E-state index in [1.165, 1.54) is 13.2 Å². The molecule has 2 rings (SSSR count). The second-order valence-electron chi connectivity index (χ2n) is 11.2. The fraction of sp³-hybridized carbons (Fsp3) is 0.516. The van der Waals surface area contributed by atoms with Gasteiger partial charge in [0.15, 0.2) is 6.10 Å². The average molecular weight is 670 g/mol. The van der Waals surface area contributed by atoms with Gasteiger partial charge in [-0.25, -0.2) is 9.36 Å². The first-order chi connectivity index (χ1) is 21.4. The molecule has 0 aromatic rings. The minimum Gasteiger partial charge on any atom is -0.439 e. The van der Waals surface area contributed by atoms with Crippen LogP contribution < -0.4 is 16.4 Å². The number of fused-ring (bicyclic) bond motifs is 2. The zero-order valence-corrected chi connectivity index (χ0v) is 28.0. The number of carbonyl (C=O) groups is 3. The molecule has 0 radical (unpaired) electrons. The van der Waals surface area contributed by atoms with Crippen LogP contribution in [0.25, 0.3) is 0 Å². The number of rotatable bonds is 6.